The van der Waals surface area contributed by atoms with Gasteiger partial charge in [-0.25, -0.2) is 8.78 Å². The largest absolute Gasteiger partial charge is 0.482 e. The van der Waals surface area contributed by atoms with Gasteiger partial charge in [-0.15, -0.1) is 0 Å². The van der Waals surface area contributed by atoms with Crippen LogP contribution in [0.25, 0.3) is 0 Å². The molecule has 0 radical (unpaired) electrons. The first-order chi connectivity index (χ1) is 17.4. The quantitative estimate of drug-likeness (QED) is 0.255. The molecule has 0 aromatic heterocycles. The van der Waals surface area contributed by atoms with Crippen LogP contribution in [0, 0.1) is 11.6 Å². The van der Waals surface area contributed by atoms with Gasteiger partial charge in [0.05, 0.1) is 6.04 Å². The molecule has 0 saturated heterocycles. The fourth-order valence-corrected chi connectivity index (χ4v) is 4.12. The van der Waals surface area contributed by atoms with Crippen molar-refractivity contribution in [2.75, 3.05) is 5.32 Å². The number of rotatable bonds is 8. The van der Waals surface area contributed by atoms with E-state index in [4.69, 9.17) is 16.3 Å². The number of halogens is 3. The number of ether oxygens (including phenoxy) is 1. The molecule has 8 heteroatoms. The number of nitrogens with one attached hydrogen (secondary N) is 2. The second-order valence-corrected chi connectivity index (χ2v) is 10.3. The van der Waals surface area contributed by atoms with Gasteiger partial charge in [0, 0.05) is 16.8 Å². The predicted molar refractivity (Wildman–Crippen MR) is 143 cm³/mol. The minimum atomic E-state index is -0.915. The highest BCUT2D eigenvalue weighted by Gasteiger charge is 2.27. The molecule has 192 valence electrons. The zero-order valence-electron chi connectivity index (χ0n) is 20.9. The molecular weight excluding hydrogens is 498 g/mol. The van der Waals surface area contributed by atoms with Crippen molar-refractivity contribution in [2.45, 2.75) is 45.4 Å². The maximum Gasteiger partial charge on any atom is 0.272 e. The summed E-state index contributed by atoms with van der Waals surface area (Å²) in [6.45, 7) is 7.25. The van der Waals surface area contributed by atoms with E-state index in [1.165, 1.54) is 12.1 Å². The zero-order chi connectivity index (χ0) is 26.9. The Hall–Kier alpha value is -3.55. The Balaban J connectivity index is 1.66. The van der Waals surface area contributed by atoms with Gasteiger partial charge in [-0.3, -0.25) is 14.9 Å². The van der Waals surface area contributed by atoms with Gasteiger partial charge in [-0.1, -0.05) is 41.9 Å². The van der Waals surface area contributed by atoms with Gasteiger partial charge < -0.3 is 10.1 Å². The van der Waals surface area contributed by atoms with Crippen LogP contribution in [-0.2, 0) is 0 Å². The van der Waals surface area contributed by atoms with Gasteiger partial charge in [-0.05, 0) is 80.8 Å². The first kappa shape index (κ1) is 26.5. The van der Waals surface area contributed by atoms with Crippen LogP contribution in [-0.4, -0.2) is 5.60 Å². The zero-order valence-corrected chi connectivity index (χ0v) is 21.6. The minimum absolute atomic E-state index is 0.0160. The molecule has 0 aliphatic carbocycles. The van der Waals surface area contributed by atoms with E-state index in [1.807, 2.05) is 37.3 Å². The van der Waals surface area contributed by atoms with Crippen molar-refractivity contribution in [3.63, 3.8) is 0 Å². The standard InChI is InChI=1S/C29H27ClF2N2O3/c1-16(18-10-13-22(31)23(32)15-18)33-24(17-8-11-20(30)12-9-17)19-6-5-7-21(14-19)34-25-26(35)27(36)28(25)37-29(2,3)4/h5-16,24,33-34H,1-4H3/t16-,24?/m1/s1. The SMILES string of the molecule is C[C@@H](NC(c1ccc(Cl)cc1)c1cccc(Nc2c(OC(C)(C)C)c(=O)c2=O)c1)c1ccc(F)c(F)c1. The molecule has 4 rings (SSSR count). The Morgan fingerprint density at radius 3 is 2.16 bits per heavy atom. The maximum absolute atomic E-state index is 13.9. The van der Waals surface area contributed by atoms with Crippen LogP contribution in [0.1, 0.15) is 56.5 Å². The first-order valence-corrected chi connectivity index (χ1v) is 12.2. The van der Waals surface area contributed by atoms with E-state index in [0.717, 1.165) is 17.2 Å². The molecule has 0 saturated carbocycles. The summed E-state index contributed by atoms with van der Waals surface area (Å²) < 4.78 is 33.0. The van der Waals surface area contributed by atoms with Crippen LogP contribution in [0.5, 0.6) is 5.75 Å². The maximum atomic E-state index is 13.9. The third-order valence-electron chi connectivity index (χ3n) is 5.83. The Kier molecular flexibility index (Phi) is 7.48. The van der Waals surface area contributed by atoms with E-state index in [2.05, 4.69) is 10.6 Å². The van der Waals surface area contributed by atoms with Gasteiger partial charge in [0.25, 0.3) is 10.9 Å². The van der Waals surface area contributed by atoms with Crippen molar-refractivity contribution >= 4 is 23.0 Å². The van der Waals surface area contributed by atoms with Crippen molar-refractivity contribution in [2.24, 2.45) is 0 Å². The van der Waals surface area contributed by atoms with Gasteiger partial charge >= 0.3 is 0 Å². The van der Waals surface area contributed by atoms with Gasteiger partial charge in [0.15, 0.2) is 17.4 Å². The number of benzene rings is 3. The molecular formula is C29H27ClF2N2O3. The summed E-state index contributed by atoms with van der Waals surface area (Å²) in [4.78, 5) is 24.3. The second-order valence-electron chi connectivity index (χ2n) is 9.87. The molecule has 2 atom stereocenters. The van der Waals surface area contributed by atoms with Crippen LogP contribution >= 0.6 is 11.6 Å². The summed E-state index contributed by atoms with van der Waals surface area (Å²) in [7, 11) is 0. The normalized spacial score (nSPS) is 13.4. The van der Waals surface area contributed by atoms with Crippen LogP contribution < -0.4 is 26.2 Å². The van der Waals surface area contributed by atoms with Crippen molar-refractivity contribution in [1.29, 1.82) is 0 Å². The van der Waals surface area contributed by atoms with Crippen LogP contribution in [0.2, 0.25) is 5.02 Å². The molecule has 4 aromatic rings. The lowest BCUT2D eigenvalue weighted by Crippen LogP contribution is -2.39. The Morgan fingerprint density at radius 2 is 1.51 bits per heavy atom. The third kappa shape index (κ3) is 6.06. The minimum Gasteiger partial charge on any atom is -0.482 e. The van der Waals surface area contributed by atoms with Crippen LogP contribution in [0.3, 0.4) is 0 Å². The summed E-state index contributed by atoms with van der Waals surface area (Å²) in [6.07, 6.45) is 0. The lowest BCUT2D eigenvalue weighted by atomic mass is 9.96. The van der Waals surface area contributed by atoms with E-state index in [1.54, 1.807) is 39.0 Å². The lowest BCUT2D eigenvalue weighted by Gasteiger charge is -2.26. The van der Waals surface area contributed by atoms with Crippen molar-refractivity contribution in [1.82, 2.24) is 5.32 Å². The number of hydrogen-bond donors (Lipinski definition) is 2. The van der Waals surface area contributed by atoms with Crippen molar-refractivity contribution in [3.8, 4) is 5.75 Å². The summed E-state index contributed by atoms with van der Waals surface area (Å²) >= 11 is 6.10. The van der Waals surface area contributed by atoms with Crippen LogP contribution in [0.4, 0.5) is 20.2 Å². The van der Waals surface area contributed by atoms with E-state index >= 15 is 0 Å². The lowest BCUT2D eigenvalue weighted by molar-refractivity contribution is 0.128. The summed E-state index contributed by atoms with van der Waals surface area (Å²) in [5.41, 5.74) is 1.08. The molecule has 5 nitrogen and oxygen atoms in total. The van der Waals surface area contributed by atoms with Gasteiger partial charge in [0.1, 0.15) is 11.3 Å². The molecule has 2 N–H and O–H groups in total. The summed E-state index contributed by atoms with van der Waals surface area (Å²) in [5.74, 6) is -1.80. The Bertz CT molecular complexity index is 1490. The molecule has 0 fully saturated rings. The average molecular weight is 525 g/mol. The Labute approximate surface area is 218 Å². The molecule has 0 aliphatic heterocycles. The van der Waals surface area contributed by atoms with Gasteiger partial charge in [-0.2, -0.15) is 0 Å². The first-order valence-electron chi connectivity index (χ1n) is 11.8. The molecule has 37 heavy (non-hydrogen) atoms. The topological polar surface area (TPSA) is 67.4 Å². The van der Waals surface area contributed by atoms with Crippen molar-refractivity contribution in [3.05, 3.63) is 121 Å². The highest BCUT2D eigenvalue weighted by molar-refractivity contribution is 6.30. The molecule has 0 heterocycles. The van der Waals surface area contributed by atoms with E-state index in [0.29, 0.717) is 16.3 Å². The fraction of sp³-hybridized carbons (Fsp3) is 0.241. The second kappa shape index (κ2) is 10.4. The Morgan fingerprint density at radius 1 is 0.838 bits per heavy atom. The number of anilines is 2. The molecule has 0 bridgehead atoms. The molecule has 1 unspecified atom stereocenters. The highest BCUT2D eigenvalue weighted by Crippen LogP contribution is 2.31. The predicted octanol–water partition coefficient (Wildman–Crippen LogP) is 6.58. The molecule has 0 aliphatic rings. The monoisotopic (exact) mass is 524 g/mol. The average Bonchev–Trinajstić information content (AvgIpc) is 2.86. The highest BCUT2D eigenvalue weighted by atomic mass is 35.5. The molecule has 4 aromatic carbocycles. The van der Waals surface area contributed by atoms with Crippen molar-refractivity contribution < 1.29 is 13.5 Å². The van der Waals surface area contributed by atoms with Gasteiger partial charge in [0.2, 0.25) is 0 Å². The fourth-order valence-electron chi connectivity index (χ4n) is 4.00. The van der Waals surface area contributed by atoms with Crippen LogP contribution in [0.15, 0.2) is 76.3 Å². The molecule has 0 amide bonds. The van der Waals surface area contributed by atoms with E-state index < -0.39 is 28.1 Å². The summed E-state index contributed by atoms with van der Waals surface area (Å²) in [5, 5.41) is 7.09. The summed E-state index contributed by atoms with van der Waals surface area (Å²) in [6, 6.07) is 17.8. The van der Waals surface area contributed by atoms with E-state index in [-0.39, 0.29) is 23.5 Å². The number of hydrogen-bond acceptors (Lipinski definition) is 5. The van der Waals surface area contributed by atoms with E-state index in [9.17, 15) is 18.4 Å². The molecule has 0 spiro atoms. The third-order valence-corrected chi connectivity index (χ3v) is 6.08. The smallest absolute Gasteiger partial charge is 0.272 e.